The molecule has 3 N–H and O–H groups in total. The van der Waals surface area contributed by atoms with Crippen molar-refractivity contribution in [3.05, 3.63) is 40.3 Å². The summed E-state index contributed by atoms with van der Waals surface area (Å²) in [6, 6.07) is 4.81. The van der Waals surface area contributed by atoms with E-state index in [4.69, 9.17) is 0 Å². The molecular weight excluding hydrogens is 341 g/mol. The predicted octanol–water partition coefficient (Wildman–Crippen LogP) is 2.33. The van der Waals surface area contributed by atoms with Crippen molar-refractivity contribution in [3.63, 3.8) is 0 Å². The van der Waals surface area contributed by atoms with Gasteiger partial charge >= 0.3 is 6.18 Å². The summed E-state index contributed by atoms with van der Waals surface area (Å²) in [5, 5.41) is 10.9. The summed E-state index contributed by atoms with van der Waals surface area (Å²) in [4.78, 5) is 12.4. The van der Waals surface area contributed by atoms with Crippen molar-refractivity contribution in [1.82, 2.24) is 20.6 Å². The number of aromatic nitrogens is 2. The quantitative estimate of drug-likeness (QED) is 0.420. The van der Waals surface area contributed by atoms with E-state index in [2.05, 4.69) is 30.9 Å². The first kappa shape index (κ1) is 18.0. The van der Waals surface area contributed by atoms with Gasteiger partial charge < -0.3 is 16.0 Å². The Morgan fingerprint density at radius 3 is 2.75 bits per heavy atom. The first-order valence-electron chi connectivity index (χ1n) is 7.10. The van der Waals surface area contributed by atoms with Crippen LogP contribution >= 0.6 is 11.3 Å². The van der Waals surface area contributed by atoms with Crippen molar-refractivity contribution in [2.75, 3.05) is 25.5 Å². The van der Waals surface area contributed by atoms with Crippen molar-refractivity contribution in [1.29, 1.82) is 0 Å². The molecule has 0 unspecified atom stereocenters. The summed E-state index contributed by atoms with van der Waals surface area (Å²) in [6.45, 7) is 1.45. The summed E-state index contributed by atoms with van der Waals surface area (Å²) in [6.07, 6.45) is -3.40. The normalized spacial score (nSPS) is 12.1. The minimum atomic E-state index is -4.48. The first-order chi connectivity index (χ1) is 11.5. The van der Waals surface area contributed by atoms with E-state index in [1.807, 2.05) is 17.5 Å². The average molecular weight is 358 g/mol. The molecule has 0 atom stereocenters. The highest BCUT2D eigenvalue weighted by molar-refractivity contribution is 7.09. The number of rotatable bonds is 6. The summed E-state index contributed by atoms with van der Waals surface area (Å²) < 4.78 is 37.7. The van der Waals surface area contributed by atoms with Crippen LogP contribution in [0.25, 0.3) is 0 Å². The zero-order valence-corrected chi connectivity index (χ0v) is 13.7. The summed E-state index contributed by atoms with van der Waals surface area (Å²) >= 11 is 1.64. The number of hydrogen-bond acceptors (Lipinski definition) is 5. The molecule has 0 saturated carbocycles. The van der Waals surface area contributed by atoms with Gasteiger partial charge in [0.2, 0.25) is 5.95 Å². The van der Waals surface area contributed by atoms with Crippen LogP contribution in [0.5, 0.6) is 0 Å². The molecular formula is C14H17F3N6S. The number of alkyl halides is 3. The van der Waals surface area contributed by atoms with Gasteiger partial charge in [0.1, 0.15) is 5.69 Å². The highest BCUT2D eigenvalue weighted by Crippen LogP contribution is 2.27. The number of aliphatic imine (C=N–C) groups is 1. The van der Waals surface area contributed by atoms with Crippen LogP contribution in [0.1, 0.15) is 10.6 Å². The maximum atomic E-state index is 12.6. The van der Waals surface area contributed by atoms with Crippen LogP contribution in [0, 0.1) is 0 Å². The second kappa shape index (κ2) is 8.48. The van der Waals surface area contributed by atoms with Crippen LogP contribution < -0.4 is 16.0 Å². The lowest BCUT2D eigenvalue weighted by Gasteiger charge is -2.12. The summed E-state index contributed by atoms with van der Waals surface area (Å²) in [5.74, 6) is 0.545. The van der Waals surface area contributed by atoms with Crippen molar-refractivity contribution in [2.24, 2.45) is 4.99 Å². The van der Waals surface area contributed by atoms with Gasteiger partial charge in [-0.05, 0) is 17.5 Å². The fourth-order valence-electron chi connectivity index (χ4n) is 1.76. The van der Waals surface area contributed by atoms with E-state index in [0.717, 1.165) is 12.3 Å². The van der Waals surface area contributed by atoms with Gasteiger partial charge in [0.15, 0.2) is 5.96 Å². The number of anilines is 1. The Hall–Kier alpha value is -2.36. The van der Waals surface area contributed by atoms with Gasteiger partial charge in [-0.15, -0.1) is 11.3 Å². The maximum Gasteiger partial charge on any atom is 0.433 e. The molecule has 0 radical (unpaired) electrons. The highest BCUT2D eigenvalue weighted by Gasteiger charge is 2.32. The van der Waals surface area contributed by atoms with Crippen LogP contribution in [0.4, 0.5) is 19.1 Å². The summed E-state index contributed by atoms with van der Waals surface area (Å²) in [7, 11) is 1.65. The van der Waals surface area contributed by atoms with Crippen molar-refractivity contribution >= 4 is 23.2 Å². The molecule has 0 aliphatic heterocycles. The molecule has 10 heteroatoms. The molecule has 2 aromatic heterocycles. The Kier molecular flexibility index (Phi) is 6.36. The van der Waals surface area contributed by atoms with E-state index in [9.17, 15) is 13.2 Å². The van der Waals surface area contributed by atoms with E-state index in [-0.39, 0.29) is 5.95 Å². The summed E-state index contributed by atoms with van der Waals surface area (Å²) in [5.41, 5.74) is -0.971. The molecule has 130 valence electrons. The Morgan fingerprint density at radius 2 is 2.08 bits per heavy atom. The molecule has 24 heavy (non-hydrogen) atoms. The van der Waals surface area contributed by atoms with Crippen LogP contribution in [0.3, 0.4) is 0 Å². The van der Waals surface area contributed by atoms with Crippen molar-refractivity contribution in [3.8, 4) is 0 Å². The van der Waals surface area contributed by atoms with Gasteiger partial charge in [0, 0.05) is 31.2 Å². The fraction of sp³-hybridized carbons (Fsp3) is 0.357. The number of halogens is 3. The molecule has 6 nitrogen and oxygen atoms in total. The van der Waals surface area contributed by atoms with Crippen molar-refractivity contribution < 1.29 is 13.2 Å². The predicted molar refractivity (Wildman–Crippen MR) is 88.0 cm³/mol. The number of nitrogens with zero attached hydrogens (tertiary/aromatic N) is 3. The molecule has 0 aliphatic rings. The standard InChI is InChI=1S/C14H17F3N6S/c1-18-12(22-9-10-3-2-8-24-10)20-6-7-21-13-19-5-4-11(23-13)14(15,16)17/h2-5,8H,6-7,9H2,1H3,(H2,18,20,22)(H,19,21,23). The average Bonchev–Trinajstić information content (AvgIpc) is 3.07. The number of guanidine groups is 1. The minimum Gasteiger partial charge on any atom is -0.355 e. The van der Waals surface area contributed by atoms with Gasteiger partial charge in [-0.25, -0.2) is 9.97 Å². The topological polar surface area (TPSA) is 74.2 Å². The number of nitrogens with one attached hydrogen (secondary N) is 3. The minimum absolute atomic E-state index is 0.0619. The molecule has 0 spiro atoms. The van der Waals surface area contributed by atoms with E-state index < -0.39 is 11.9 Å². The third-order valence-electron chi connectivity index (χ3n) is 2.88. The van der Waals surface area contributed by atoms with Crippen molar-refractivity contribution in [2.45, 2.75) is 12.7 Å². The smallest absolute Gasteiger partial charge is 0.355 e. The SMILES string of the molecule is CN=C(NCCNc1nccc(C(F)(F)F)n1)NCc1cccs1. The first-order valence-corrected chi connectivity index (χ1v) is 7.98. The number of thiophene rings is 1. The van der Waals surface area contributed by atoms with Crippen LogP contribution in [0.15, 0.2) is 34.8 Å². The van der Waals surface area contributed by atoms with E-state index >= 15 is 0 Å². The van der Waals surface area contributed by atoms with Gasteiger partial charge in [-0.3, -0.25) is 4.99 Å². The largest absolute Gasteiger partial charge is 0.433 e. The van der Waals surface area contributed by atoms with Gasteiger partial charge in [-0.1, -0.05) is 6.07 Å². The lowest BCUT2D eigenvalue weighted by molar-refractivity contribution is -0.141. The Morgan fingerprint density at radius 1 is 1.25 bits per heavy atom. The molecule has 0 saturated heterocycles. The molecule has 0 amide bonds. The molecule has 0 fully saturated rings. The van der Waals surface area contributed by atoms with E-state index in [0.29, 0.717) is 25.6 Å². The van der Waals surface area contributed by atoms with Crippen LogP contribution in [0.2, 0.25) is 0 Å². The Balaban J connectivity index is 1.73. The fourth-order valence-corrected chi connectivity index (χ4v) is 2.41. The van der Waals surface area contributed by atoms with Crippen LogP contribution in [-0.4, -0.2) is 36.1 Å². The zero-order valence-electron chi connectivity index (χ0n) is 12.9. The Bertz CT molecular complexity index is 657. The van der Waals surface area contributed by atoms with E-state index in [1.54, 1.807) is 18.4 Å². The molecule has 2 rings (SSSR count). The third-order valence-corrected chi connectivity index (χ3v) is 3.76. The maximum absolute atomic E-state index is 12.6. The second-order valence-electron chi connectivity index (χ2n) is 4.62. The molecule has 2 aromatic rings. The molecule has 0 aromatic carbocycles. The molecule has 2 heterocycles. The highest BCUT2D eigenvalue weighted by atomic mass is 32.1. The van der Waals surface area contributed by atoms with Gasteiger partial charge in [0.25, 0.3) is 0 Å². The van der Waals surface area contributed by atoms with Crippen LogP contribution in [-0.2, 0) is 12.7 Å². The molecule has 0 aliphatic carbocycles. The zero-order chi connectivity index (χ0) is 17.4. The lowest BCUT2D eigenvalue weighted by Crippen LogP contribution is -2.39. The second-order valence-corrected chi connectivity index (χ2v) is 5.65. The monoisotopic (exact) mass is 358 g/mol. The number of hydrogen-bond donors (Lipinski definition) is 3. The lowest BCUT2D eigenvalue weighted by atomic mass is 10.4. The molecule has 0 bridgehead atoms. The van der Waals surface area contributed by atoms with E-state index in [1.165, 1.54) is 4.88 Å². The van der Waals surface area contributed by atoms with Gasteiger partial charge in [0.05, 0.1) is 6.54 Å². The van der Waals surface area contributed by atoms with Gasteiger partial charge in [-0.2, -0.15) is 13.2 Å². The Labute approximate surface area is 141 Å². The third kappa shape index (κ3) is 5.69.